The van der Waals surface area contributed by atoms with Gasteiger partial charge in [0.25, 0.3) is 0 Å². The zero-order chi connectivity index (χ0) is 38.6. The number of hydrogen-bond donors (Lipinski definition) is 0. The second-order valence-corrected chi connectivity index (χ2v) is 16.1. The number of anilines is 3. The smallest absolute Gasteiger partial charge is 0.0541 e. The van der Waals surface area contributed by atoms with Crippen LogP contribution in [0.4, 0.5) is 17.1 Å². The van der Waals surface area contributed by atoms with Gasteiger partial charge in [0.1, 0.15) is 0 Å². The van der Waals surface area contributed by atoms with Crippen molar-refractivity contribution < 1.29 is 0 Å². The summed E-state index contributed by atoms with van der Waals surface area (Å²) in [4.78, 5) is 2.36. The van der Waals surface area contributed by atoms with E-state index >= 15 is 0 Å². The van der Waals surface area contributed by atoms with Gasteiger partial charge in [0.05, 0.1) is 11.0 Å². The molecule has 11 aromatic rings. The van der Waals surface area contributed by atoms with Crippen LogP contribution >= 0.6 is 11.3 Å². The number of hydrogen-bond acceptors (Lipinski definition) is 2. The van der Waals surface area contributed by atoms with Crippen LogP contribution in [0.15, 0.2) is 212 Å². The summed E-state index contributed by atoms with van der Waals surface area (Å²) in [6.45, 7) is 2.17. The number of para-hydroxylation sites is 2. The fourth-order valence-electron chi connectivity index (χ4n) is 8.64. The van der Waals surface area contributed by atoms with Gasteiger partial charge in [-0.3, -0.25) is 0 Å². The summed E-state index contributed by atoms with van der Waals surface area (Å²) in [5.41, 5.74) is 15.5. The summed E-state index contributed by atoms with van der Waals surface area (Å²) in [5.74, 6) is 0. The number of rotatable bonds is 7. The van der Waals surface area contributed by atoms with Crippen molar-refractivity contribution in [1.82, 2.24) is 4.57 Å². The molecule has 0 radical (unpaired) electrons. The molecule has 0 N–H and O–H groups in total. The molecule has 0 saturated carbocycles. The molecule has 3 heteroatoms. The Labute approximate surface area is 342 Å². The van der Waals surface area contributed by atoms with Gasteiger partial charge in [-0.1, -0.05) is 139 Å². The van der Waals surface area contributed by atoms with Crippen LogP contribution in [-0.2, 0) is 0 Å². The fraction of sp³-hybridized carbons (Fsp3) is 0.0182. The van der Waals surface area contributed by atoms with Gasteiger partial charge in [0.15, 0.2) is 0 Å². The van der Waals surface area contributed by atoms with Gasteiger partial charge < -0.3 is 9.47 Å². The summed E-state index contributed by atoms with van der Waals surface area (Å²) in [5, 5.41) is 5.20. The minimum atomic E-state index is 1.10. The zero-order valence-corrected chi connectivity index (χ0v) is 32.8. The maximum atomic E-state index is 2.37. The molecule has 0 saturated heterocycles. The first-order valence-electron chi connectivity index (χ1n) is 19.8. The maximum absolute atomic E-state index is 2.37. The summed E-state index contributed by atoms with van der Waals surface area (Å²) in [6, 6.07) is 77.4. The minimum Gasteiger partial charge on any atom is -0.311 e. The molecule has 0 fully saturated rings. The summed E-state index contributed by atoms with van der Waals surface area (Å²) in [7, 11) is 0. The Balaban J connectivity index is 0.972. The Kier molecular flexibility index (Phi) is 8.27. The molecule has 0 aliphatic heterocycles. The second kappa shape index (κ2) is 14.1. The van der Waals surface area contributed by atoms with Gasteiger partial charge in [0, 0.05) is 53.7 Å². The lowest BCUT2D eigenvalue weighted by Gasteiger charge is -2.26. The number of nitrogens with zero attached hydrogens (tertiary/aromatic N) is 2. The molecule has 274 valence electrons. The SMILES string of the molecule is Cc1ccc2sc3c(-c4cccc(-c5ccc(N(c6ccc(-c7ccccc7)cc6)c6ccc(-n7c8ccccc8c8ccccc87)cc6)cc5)c4)cccc3c2c1. The Morgan fingerprint density at radius 1 is 0.379 bits per heavy atom. The Bertz CT molecular complexity index is 3210. The van der Waals surface area contributed by atoms with E-state index < -0.39 is 0 Å². The third-order valence-corrected chi connectivity index (χ3v) is 12.7. The molecule has 0 aliphatic carbocycles. The van der Waals surface area contributed by atoms with Crippen molar-refractivity contribution in [2.24, 2.45) is 0 Å². The third-order valence-electron chi connectivity index (χ3n) is 11.5. The topological polar surface area (TPSA) is 8.17 Å². The van der Waals surface area contributed by atoms with E-state index in [0.717, 1.165) is 22.7 Å². The molecule has 2 aromatic heterocycles. The standard InChI is InChI=1S/C55H38N2S/c1-37-21-34-54-51(35-37)50-18-10-17-47(55(50)58-54)42-14-9-13-41(36-42)40-24-28-44(29-25-40)56(43-26-22-39(23-27-43)38-11-3-2-4-12-38)45-30-32-46(33-31-45)57-52-19-7-5-15-48(52)49-16-6-8-20-53(49)57/h2-36H,1H3. The van der Waals surface area contributed by atoms with E-state index in [0.29, 0.717) is 0 Å². The monoisotopic (exact) mass is 758 g/mol. The van der Waals surface area contributed by atoms with E-state index in [1.807, 2.05) is 11.3 Å². The first-order valence-corrected chi connectivity index (χ1v) is 20.6. The number of aryl methyl sites for hydroxylation is 1. The maximum Gasteiger partial charge on any atom is 0.0541 e. The highest BCUT2D eigenvalue weighted by Gasteiger charge is 2.17. The molecule has 0 atom stereocenters. The molecule has 2 nitrogen and oxygen atoms in total. The van der Waals surface area contributed by atoms with Crippen LogP contribution in [0.25, 0.3) is 81.0 Å². The lowest BCUT2D eigenvalue weighted by molar-refractivity contribution is 1.17. The van der Waals surface area contributed by atoms with E-state index in [9.17, 15) is 0 Å². The molecule has 0 amide bonds. The van der Waals surface area contributed by atoms with Crippen molar-refractivity contribution in [2.75, 3.05) is 4.90 Å². The molecular formula is C55H38N2S. The Hall–Kier alpha value is -7.20. The van der Waals surface area contributed by atoms with Gasteiger partial charge in [-0.2, -0.15) is 0 Å². The summed E-state index contributed by atoms with van der Waals surface area (Å²) >= 11 is 1.89. The number of aromatic nitrogens is 1. The highest BCUT2D eigenvalue weighted by Crippen LogP contribution is 2.42. The van der Waals surface area contributed by atoms with Crippen molar-refractivity contribution in [3.63, 3.8) is 0 Å². The van der Waals surface area contributed by atoms with Gasteiger partial charge in [-0.15, -0.1) is 11.3 Å². The van der Waals surface area contributed by atoms with E-state index in [1.54, 1.807) is 0 Å². The van der Waals surface area contributed by atoms with Gasteiger partial charge in [-0.25, -0.2) is 0 Å². The molecule has 0 unspecified atom stereocenters. The first kappa shape index (κ1) is 34.1. The lowest BCUT2D eigenvalue weighted by atomic mass is 9.97. The van der Waals surface area contributed by atoms with Crippen LogP contribution in [-0.4, -0.2) is 4.57 Å². The summed E-state index contributed by atoms with van der Waals surface area (Å²) < 4.78 is 5.05. The van der Waals surface area contributed by atoms with Crippen LogP contribution in [0.1, 0.15) is 5.56 Å². The number of thiophene rings is 1. The molecule has 11 rings (SSSR count). The Morgan fingerprint density at radius 2 is 0.897 bits per heavy atom. The largest absolute Gasteiger partial charge is 0.311 e. The molecule has 0 aliphatic rings. The molecule has 0 spiro atoms. The van der Waals surface area contributed by atoms with Crippen molar-refractivity contribution in [3.8, 4) is 39.1 Å². The van der Waals surface area contributed by atoms with Gasteiger partial charge >= 0.3 is 0 Å². The molecule has 0 bridgehead atoms. The van der Waals surface area contributed by atoms with E-state index in [2.05, 4.69) is 229 Å². The average molecular weight is 759 g/mol. The molecule has 58 heavy (non-hydrogen) atoms. The minimum absolute atomic E-state index is 1.10. The van der Waals surface area contributed by atoms with Crippen molar-refractivity contribution in [2.45, 2.75) is 6.92 Å². The summed E-state index contributed by atoms with van der Waals surface area (Å²) in [6.07, 6.45) is 0. The Morgan fingerprint density at radius 3 is 1.57 bits per heavy atom. The third kappa shape index (κ3) is 5.87. The van der Waals surface area contributed by atoms with Crippen LogP contribution in [0.5, 0.6) is 0 Å². The van der Waals surface area contributed by atoms with Crippen molar-refractivity contribution >= 4 is 70.4 Å². The zero-order valence-electron chi connectivity index (χ0n) is 32.0. The quantitative estimate of drug-likeness (QED) is 0.157. The first-order chi connectivity index (χ1) is 28.7. The van der Waals surface area contributed by atoms with Crippen molar-refractivity contribution in [3.05, 3.63) is 218 Å². The highest BCUT2D eigenvalue weighted by molar-refractivity contribution is 7.26. The number of fused-ring (bicyclic) bond motifs is 6. The van der Waals surface area contributed by atoms with Crippen LogP contribution in [0.2, 0.25) is 0 Å². The second-order valence-electron chi connectivity index (χ2n) is 15.0. The average Bonchev–Trinajstić information content (AvgIpc) is 3.83. The predicted octanol–water partition coefficient (Wildman–Crippen LogP) is 15.9. The van der Waals surface area contributed by atoms with E-state index in [4.69, 9.17) is 0 Å². The molecular weight excluding hydrogens is 721 g/mol. The van der Waals surface area contributed by atoms with Gasteiger partial charge in [0.2, 0.25) is 0 Å². The molecule has 2 heterocycles. The van der Waals surface area contributed by atoms with Crippen LogP contribution < -0.4 is 4.90 Å². The lowest BCUT2D eigenvalue weighted by Crippen LogP contribution is -2.10. The highest BCUT2D eigenvalue weighted by atomic mass is 32.1. The van der Waals surface area contributed by atoms with E-state index in [-0.39, 0.29) is 0 Å². The van der Waals surface area contributed by atoms with E-state index in [1.165, 1.54) is 80.9 Å². The predicted molar refractivity (Wildman–Crippen MR) is 249 cm³/mol. The number of benzene rings is 9. The van der Waals surface area contributed by atoms with Crippen LogP contribution in [0, 0.1) is 6.92 Å². The molecule has 9 aromatic carbocycles. The van der Waals surface area contributed by atoms with Crippen molar-refractivity contribution in [1.29, 1.82) is 0 Å². The normalized spacial score (nSPS) is 11.5. The van der Waals surface area contributed by atoms with Gasteiger partial charge in [-0.05, 0) is 119 Å². The fourth-order valence-corrected chi connectivity index (χ4v) is 9.86. The van der Waals surface area contributed by atoms with Crippen LogP contribution in [0.3, 0.4) is 0 Å².